The molecule has 1 fully saturated rings. The molecule has 0 radical (unpaired) electrons. The van der Waals surface area contributed by atoms with E-state index in [1.54, 1.807) is 0 Å². The molecule has 1 aliphatic heterocycles. The molecule has 1 atom stereocenters. The summed E-state index contributed by atoms with van der Waals surface area (Å²) in [5, 5.41) is 3.38. The Bertz CT molecular complexity index is 147. The van der Waals surface area contributed by atoms with E-state index in [4.69, 9.17) is 9.47 Å². The zero-order valence-electron chi connectivity index (χ0n) is 10.1. The van der Waals surface area contributed by atoms with E-state index in [-0.39, 0.29) is 6.10 Å². The molecule has 1 heterocycles. The number of nitrogens with one attached hydrogen (secondary N) is 1. The smallest absolute Gasteiger partial charge is 0.0780 e. The quantitative estimate of drug-likeness (QED) is 0.702. The van der Waals surface area contributed by atoms with Gasteiger partial charge in [-0.2, -0.15) is 0 Å². The van der Waals surface area contributed by atoms with Crippen LogP contribution in [-0.2, 0) is 9.47 Å². The minimum Gasteiger partial charge on any atom is -0.379 e. The number of piperidine rings is 1. The van der Waals surface area contributed by atoms with Crippen LogP contribution < -0.4 is 5.32 Å². The molecule has 3 heteroatoms. The van der Waals surface area contributed by atoms with Crippen LogP contribution >= 0.6 is 0 Å². The summed E-state index contributed by atoms with van der Waals surface area (Å²) in [5.74, 6) is 0.866. The first-order chi connectivity index (χ1) is 7.33. The fourth-order valence-electron chi connectivity index (χ4n) is 1.94. The van der Waals surface area contributed by atoms with Crippen LogP contribution in [0.2, 0.25) is 0 Å². The fraction of sp³-hybridized carbons (Fsp3) is 1.00. The van der Waals surface area contributed by atoms with Crippen molar-refractivity contribution in [2.24, 2.45) is 5.92 Å². The van der Waals surface area contributed by atoms with Crippen molar-refractivity contribution in [2.75, 3.05) is 32.9 Å². The van der Waals surface area contributed by atoms with Gasteiger partial charge in [0.05, 0.1) is 12.7 Å². The molecule has 3 nitrogen and oxygen atoms in total. The average molecular weight is 215 g/mol. The van der Waals surface area contributed by atoms with Crippen molar-refractivity contribution in [3.63, 3.8) is 0 Å². The van der Waals surface area contributed by atoms with Gasteiger partial charge < -0.3 is 14.8 Å². The van der Waals surface area contributed by atoms with E-state index in [1.165, 1.54) is 32.4 Å². The summed E-state index contributed by atoms with van der Waals surface area (Å²) in [6, 6.07) is 0. The lowest BCUT2D eigenvalue weighted by Crippen LogP contribution is -2.28. The Labute approximate surface area is 93.5 Å². The predicted octanol–water partition coefficient (Wildman–Crippen LogP) is 1.82. The molecule has 1 unspecified atom stereocenters. The second-order valence-electron chi connectivity index (χ2n) is 4.32. The maximum atomic E-state index is 5.70. The van der Waals surface area contributed by atoms with Gasteiger partial charge in [0.1, 0.15) is 0 Å². The van der Waals surface area contributed by atoms with Crippen LogP contribution in [0.15, 0.2) is 0 Å². The third-order valence-corrected chi connectivity index (χ3v) is 2.94. The molecule has 1 rings (SSSR count). The van der Waals surface area contributed by atoms with Crippen molar-refractivity contribution in [1.29, 1.82) is 0 Å². The van der Waals surface area contributed by atoms with Gasteiger partial charge in [-0.3, -0.25) is 0 Å². The third-order valence-electron chi connectivity index (χ3n) is 2.94. The van der Waals surface area contributed by atoms with Crippen LogP contribution in [0.25, 0.3) is 0 Å². The summed E-state index contributed by atoms with van der Waals surface area (Å²) in [4.78, 5) is 0. The van der Waals surface area contributed by atoms with Gasteiger partial charge in [-0.1, -0.05) is 0 Å². The van der Waals surface area contributed by atoms with Gasteiger partial charge in [-0.05, 0) is 52.1 Å². The molecule has 1 saturated heterocycles. The molecular formula is C12H25NO2. The van der Waals surface area contributed by atoms with Crippen LogP contribution in [0.3, 0.4) is 0 Å². The second-order valence-corrected chi connectivity index (χ2v) is 4.32. The molecule has 0 aliphatic carbocycles. The summed E-state index contributed by atoms with van der Waals surface area (Å²) in [5.41, 5.74) is 0. The summed E-state index contributed by atoms with van der Waals surface area (Å²) in [6.45, 7) is 8.85. The van der Waals surface area contributed by atoms with Crippen LogP contribution in [0.1, 0.15) is 33.1 Å². The maximum absolute atomic E-state index is 5.70. The predicted molar refractivity (Wildman–Crippen MR) is 62.1 cm³/mol. The molecule has 1 N–H and O–H groups in total. The van der Waals surface area contributed by atoms with Crippen molar-refractivity contribution in [2.45, 2.75) is 39.2 Å². The van der Waals surface area contributed by atoms with E-state index in [0.29, 0.717) is 0 Å². The van der Waals surface area contributed by atoms with Crippen molar-refractivity contribution < 1.29 is 9.47 Å². The van der Waals surface area contributed by atoms with Gasteiger partial charge in [-0.15, -0.1) is 0 Å². The summed E-state index contributed by atoms with van der Waals surface area (Å²) < 4.78 is 11.0. The van der Waals surface area contributed by atoms with Crippen molar-refractivity contribution >= 4 is 0 Å². The Morgan fingerprint density at radius 2 is 2.07 bits per heavy atom. The zero-order chi connectivity index (χ0) is 10.9. The van der Waals surface area contributed by atoms with Gasteiger partial charge in [0.15, 0.2) is 0 Å². The second kappa shape index (κ2) is 8.08. The molecule has 0 saturated carbocycles. The maximum Gasteiger partial charge on any atom is 0.0780 e. The molecule has 0 aromatic carbocycles. The standard InChI is InChI=1S/C12H25NO2/c1-3-14-10-11(2)15-9-6-12-4-7-13-8-5-12/h11-13H,3-10H2,1-2H3. The normalized spacial score (nSPS) is 20.4. The summed E-state index contributed by atoms with van der Waals surface area (Å²) in [6.07, 6.45) is 4.07. The van der Waals surface area contributed by atoms with Crippen molar-refractivity contribution in [3.8, 4) is 0 Å². The lowest BCUT2D eigenvalue weighted by molar-refractivity contribution is -0.00869. The first-order valence-electron chi connectivity index (χ1n) is 6.23. The Morgan fingerprint density at radius 1 is 1.33 bits per heavy atom. The summed E-state index contributed by atoms with van der Waals surface area (Å²) in [7, 11) is 0. The van der Waals surface area contributed by atoms with E-state index < -0.39 is 0 Å². The van der Waals surface area contributed by atoms with Gasteiger partial charge in [0.2, 0.25) is 0 Å². The van der Waals surface area contributed by atoms with Crippen LogP contribution in [0, 0.1) is 5.92 Å². The van der Waals surface area contributed by atoms with Crippen LogP contribution in [0.4, 0.5) is 0 Å². The lowest BCUT2D eigenvalue weighted by atomic mass is 9.95. The minimum atomic E-state index is 0.242. The van der Waals surface area contributed by atoms with E-state index in [9.17, 15) is 0 Å². The van der Waals surface area contributed by atoms with E-state index >= 15 is 0 Å². The first kappa shape index (κ1) is 12.9. The molecule has 0 aromatic rings. The first-order valence-corrected chi connectivity index (χ1v) is 6.23. The fourth-order valence-corrected chi connectivity index (χ4v) is 1.94. The molecule has 0 amide bonds. The zero-order valence-corrected chi connectivity index (χ0v) is 10.1. The number of rotatable bonds is 7. The highest BCUT2D eigenvalue weighted by molar-refractivity contribution is 4.68. The van der Waals surface area contributed by atoms with Crippen molar-refractivity contribution in [1.82, 2.24) is 5.32 Å². The van der Waals surface area contributed by atoms with Crippen LogP contribution in [-0.4, -0.2) is 39.0 Å². The Hall–Kier alpha value is -0.120. The van der Waals surface area contributed by atoms with E-state index in [2.05, 4.69) is 12.2 Å². The monoisotopic (exact) mass is 215 g/mol. The highest BCUT2D eigenvalue weighted by Crippen LogP contribution is 2.15. The lowest BCUT2D eigenvalue weighted by Gasteiger charge is -2.23. The number of hydrogen-bond acceptors (Lipinski definition) is 3. The Kier molecular flexibility index (Phi) is 6.98. The Morgan fingerprint density at radius 3 is 2.73 bits per heavy atom. The number of ether oxygens (including phenoxy) is 2. The topological polar surface area (TPSA) is 30.5 Å². The van der Waals surface area contributed by atoms with Gasteiger partial charge in [0, 0.05) is 13.2 Å². The van der Waals surface area contributed by atoms with Gasteiger partial charge in [-0.25, -0.2) is 0 Å². The number of hydrogen-bond donors (Lipinski definition) is 1. The highest BCUT2D eigenvalue weighted by Gasteiger charge is 2.13. The molecule has 1 aliphatic rings. The summed E-state index contributed by atoms with van der Waals surface area (Å²) >= 11 is 0. The highest BCUT2D eigenvalue weighted by atomic mass is 16.5. The van der Waals surface area contributed by atoms with Crippen LogP contribution in [0.5, 0.6) is 0 Å². The SMILES string of the molecule is CCOCC(C)OCCC1CCNCC1. The molecule has 15 heavy (non-hydrogen) atoms. The van der Waals surface area contributed by atoms with Crippen molar-refractivity contribution in [3.05, 3.63) is 0 Å². The van der Waals surface area contributed by atoms with E-state index in [0.717, 1.165) is 25.7 Å². The van der Waals surface area contributed by atoms with Gasteiger partial charge in [0.25, 0.3) is 0 Å². The van der Waals surface area contributed by atoms with Gasteiger partial charge >= 0.3 is 0 Å². The molecule has 0 spiro atoms. The molecule has 0 bridgehead atoms. The molecule has 0 aromatic heterocycles. The average Bonchev–Trinajstić information content (AvgIpc) is 2.28. The molecular weight excluding hydrogens is 190 g/mol. The third kappa shape index (κ3) is 6.13. The largest absolute Gasteiger partial charge is 0.379 e. The van der Waals surface area contributed by atoms with E-state index in [1.807, 2.05) is 6.92 Å². The Balaban J connectivity index is 1.94. The molecule has 90 valence electrons. The minimum absolute atomic E-state index is 0.242.